The van der Waals surface area contributed by atoms with Gasteiger partial charge >= 0.3 is 6.03 Å². The van der Waals surface area contributed by atoms with Crippen LogP contribution in [0.3, 0.4) is 0 Å². The molecule has 2 saturated heterocycles. The number of piperazine rings is 1. The first-order chi connectivity index (χ1) is 15.8. The van der Waals surface area contributed by atoms with Crippen molar-refractivity contribution in [2.75, 3.05) is 49.9 Å². The van der Waals surface area contributed by atoms with Gasteiger partial charge in [0.05, 0.1) is 11.6 Å². The minimum Gasteiger partial charge on any atom is -0.392 e. The molecule has 0 spiro atoms. The van der Waals surface area contributed by atoms with Crippen LogP contribution in [0, 0.1) is 0 Å². The third kappa shape index (κ3) is 5.42. The molecule has 0 saturated carbocycles. The molecule has 2 fully saturated rings. The molecular weight excluding hydrogens is 444 g/mol. The van der Waals surface area contributed by atoms with Crippen molar-refractivity contribution in [2.45, 2.75) is 38.3 Å². The van der Waals surface area contributed by atoms with E-state index < -0.39 is 12.1 Å². The second-order valence-corrected chi connectivity index (χ2v) is 9.27. The molecule has 1 unspecified atom stereocenters. The maximum absolute atomic E-state index is 12.9. The fourth-order valence-electron chi connectivity index (χ4n) is 4.59. The van der Waals surface area contributed by atoms with Crippen molar-refractivity contribution in [1.82, 2.24) is 20.1 Å². The lowest BCUT2D eigenvalue weighted by molar-refractivity contribution is -0.134. The Hall–Kier alpha value is -2.78. The summed E-state index contributed by atoms with van der Waals surface area (Å²) in [5, 5.41) is 14.2. The average Bonchev–Trinajstić information content (AvgIpc) is 2.94. The molecule has 3 heterocycles. The van der Waals surface area contributed by atoms with E-state index >= 15 is 0 Å². The first kappa shape index (κ1) is 23.4. The molecular formula is C23H31ClN6O3. The number of amides is 3. The van der Waals surface area contributed by atoms with Gasteiger partial charge in [0.15, 0.2) is 0 Å². The lowest BCUT2D eigenvalue weighted by atomic mass is 10.1. The Morgan fingerprint density at radius 3 is 2.73 bits per heavy atom. The van der Waals surface area contributed by atoms with Crippen LogP contribution in [0.1, 0.15) is 26.2 Å². The van der Waals surface area contributed by atoms with Crippen molar-refractivity contribution in [3.8, 4) is 0 Å². The lowest BCUT2D eigenvalue weighted by Gasteiger charge is -2.37. The Balaban J connectivity index is 1.39. The number of fused-ring (bicyclic) bond motifs is 1. The molecule has 0 radical (unpaired) electrons. The third-order valence-corrected chi connectivity index (χ3v) is 6.48. The van der Waals surface area contributed by atoms with Gasteiger partial charge in [0.1, 0.15) is 11.9 Å². The Morgan fingerprint density at radius 1 is 1.24 bits per heavy atom. The number of aliphatic hydroxyl groups excluding tert-OH is 1. The predicted octanol–water partition coefficient (Wildman–Crippen LogP) is 2.06. The van der Waals surface area contributed by atoms with Crippen LogP contribution in [0.15, 0.2) is 24.3 Å². The van der Waals surface area contributed by atoms with Gasteiger partial charge in [-0.05, 0) is 44.4 Å². The molecule has 2 aliphatic heterocycles. The first-order valence-corrected chi connectivity index (χ1v) is 11.8. The number of urea groups is 1. The van der Waals surface area contributed by atoms with Crippen LogP contribution in [0.5, 0.6) is 0 Å². The average molecular weight is 475 g/mol. The summed E-state index contributed by atoms with van der Waals surface area (Å²) >= 11 is 6.11. The number of halogens is 1. The topological polar surface area (TPSA) is 115 Å². The van der Waals surface area contributed by atoms with Crippen LogP contribution in [0.4, 0.5) is 16.3 Å². The Morgan fingerprint density at radius 2 is 2.00 bits per heavy atom. The number of nitrogen functional groups attached to an aromatic ring is 1. The number of carbonyl (C=O) groups excluding carboxylic acids is 2. The van der Waals surface area contributed by atoms with E-state index in [-0.39, 0.29) is 18.5 Å². The molecule has 1 aromatic carbocycles. The van der Waals surface area contributed by atoms with Crippen LogP contribution < -0.4 is 16.0 Å². The van der Waals surface area contributed by atoms with Crippen molar-refractivity contribution in [1.29, 1.82) is 0 Å². The lowest BCUT2D eigenvalue weighted by Crippen LogP contribution is -2.56. The molecule has 4 N–H and O–H groups in total. The molecule has 1 aromatic heterocycles. The minimum absolute atomic E-state index is 0.113. The molecule has 0 bridgehead atoms. The van der Waals surface area contributed by atoms with Crippen LogP contribution in [-0.2, 0) is 4.79 Å². The summed E-state index contributed by atoms with van der Waals surface area (Å²) < 4.78 is 0. The van der Waals surface area contributed by atoms with Crippen molar-refractivity contribution >= 4 is 45.9 Å². The maximum atomic E-state index is 12.9. The predicted molar refractivity (Wildman–Crippen MR) is 129 cm³/mol. The van der Waals surface area contributed by atoms with Gasteiger partial charge in [0, 0.05) is 61.4 Å². The summed E-state index contributed by atoms with van der Waals surface area (Å²) in [6.07, 6.45) is 1.76. The van der Waals surface area contributed by atoms with Crippen molar-refractivity contribution in [3.05, 3.63) is 29.3 Å². The van der Waals surface area contributed by atoms with E-state index in [4.69, 9.17) is 17.3 Å². The van der Waals surface area contributed by atoms with E-state index in [1.807, 2.05) is 18.2 Å². The van der Waals surface area contributed by atoms with E-state index in [1.54, 1.807) is 22.8 Å². The number of anilines is 2. The summed E-state index contributed by atoms with van der Waals surface area (Å²) in [6, 6.07) is 6.65. The van der Waals surface area contributed by atoms with Gasteiger partial charge in [-0.3, -0.25) is 4.79 Å². The summed E-state index contributed by atoms with van der Waals surface area (Å²) in [5.74, 6) is 0.311. The Bertz CT molecular complexity index is 1020. The molecule has 2 aromatic rings. The normalized spacial score (nSPS) is 20.6. The Kier molecular flexibility index (Phi) is 7.09. The minimum atomic E-state index is -0.592. The van der Waals surface area contributed by atoms with Gasteiger partial charge in [-0.2, -0.15) is 0 Å². The highest BCUT2D eigenvalue weighted by molar-refractivity contribution is 6.31. The van der Waals surface area contributed by atoms with E-state index in [0.29, 0.717) is 50.0 Å². The second-order valence-electron chi connectivity index (χ2n) is 8.83. The molecule has 4 rings (SSSR count). The molecule has 2 aliphatic rings. The number of hydrogen-bond acceptors (Lipinski definition) is 6. The number of pyridine rings is 1. The van der Waals surface area contributed by atoms with Gasteiger partial charge in [-0.1, -0.05) is 11.6 Å². The molecule has 178 valence electrons. The number of aromatic nitrogens is 1. The van der Waals surface area contributed by atoms with Crippen molar-refractivity contribution in [2.24, 2.45) is 0 Å². The molecule has 10 heteroatoms. The summed E-state index contributed by atoms with van der Waals surface area (Å²) in [7, 11) is 0. The molecule has 33 heavy (non-hydrogen) atoms. The highest BCUT2D eigenvalue weighted by atomic mass is 35.5. The number of benzene rings is 1. The number of hydrogen-bond donors (Lipinski definition) is 3. The third-order valence-electron chi connectivity index (χ3n) is 6.24. The first-order valence-electron chi connectivity index (χ1n) is 11.4. The van der Waals surface area contributed by atoms with Crippen molar-refractivity contribution in [3.63, 3.8) is 0 Å². The zero-order valence-corrected chi connectivity index (χ0v) is 19.6. The highest BCUT2D eigenvalue weighted by Crippen LogP contribution is 2.30. The fraction of sp³-hybridized carbons (Fsp3) is 0.522. The van der Waals surface area contributed by atoms with Gasteiger partial charge in [0.25, 0.3) is 0 Å². The zero-order chi connectivity index (χ0) is 23.5. The van der Waals surface area contributed by atoms with E-state index in [9.17, 15) is 14.7 Å². The molecule has 9 nitrogen and oxygen atoms in total. The van der Waals surface area contributed by atoms with Crippen LogP contribution in [0.2, 0.25) is 5.02 Å². The molecule has 0 aliphatic carbocycles. The van der Waals surface area contributed by atoms with E-state index in [1.165, 1.54) is 0 Å². The fourth-order valence-corrected chi connectivity index (χ4v) is 4.76. The van der Waals surface area contributed by atoms with Gasteiger partial charge in [0.2, 0.25) is 5.91 Å². The Labute approximate surface area is 198 Å². The number of carbonyl (C=O) groups is 2. The van der Waals surface area contributed by atoms with Crippen LogP contribution >= 0.6 is 11.6 Å². The monoisotopic (exact) mass is 474 g/mol. The number of likely N-dealkylation sites (tertiary alicyclic amines) is 1. The van der Waals surface area contributed by atoms with Gasteiger partial charge < -0.3 is 30.9 Å². The SMILES string of the molecule is CC(O)CN1CCCC[C@H](NC(=O)N2CCN(c3cc(N)nc4cc(Cl)ccc34)CC2)C1=O. The standard InChI is InChI=1S/C23H31ClN6O3/c1-15(31)14-30-7-3-2-4-18(22(30)32)27-23(33)29-10-8-28(9-11-29)20-13-21(25)26-19-12-16(24)5-6-17(19)20/h5-6,12-13,15,18,31H,2-4,7-11,14H2,1H3,(H2,25,26)(H,27,33)/t15?,18-/m0/s1. The number of rotatable bonds is 4. The summed E-state index contributed by atoms with van der Waals surface area (Å²) in [4.78, 5) is 35.8. The maximum Gasteiger partial charge on any atom is 0.318 e. The van der Waals surface area contributed by atoms with E-state index in [0.717, 1.165) is 29.4 Å². The van der Waals surface area contributed by atoms with Crippen LogP contribution in [0.25, 0.3) is 10.9 Å². The van der Waals surface area contributed by atoms with Gasteiger partial charge in [-0.25, -0.2) is 9.78 Å². The van der Waals surface area contributed by atoms with Crippen molar-refractivity contribution < 1.29 is 14.7 Å². The largest absolute Gasteiger partial charge is 0.392 e. The van der Waals surface area contributed by atoms with Crippen LogP contribution in [-0.4, -0.2) is 83.2 Å². The number of nitrogens with one attached hydrogen (secondary N) is 1. The smallest absolute Gasteiger partial charge is 0.318 e. The number of aliphatic hydroxyl groups is 1. The molecule has 2 atom stereocenters. The highest BCUT2D eigenvalue weighted by Gasteiger charge is 2.31. The number of β-amino-alcohol motifs (C(OH)–C–C–N with tert-alkyl or cyclic N) is 1. The second kappa shape index (κ2) is 10.0. The van der Waals surface area contributed by atoms with E-state index in [2.05, 4.69) is 15.2 Å². The summed E-state index contributed by atoms with van der Waals surface area (Å²) in [6.45, 7) is 4.91. The summed E-state index contributed by atoms with van der Waals surface area (Å²) in [5.41, 5.74) is 7.74. The quantitative estimate of drug-likeness (QED) is 0.624. The number of nitrogens with zero attached hydrogens (tertiary/aromatic N) is 4. The zero-order valence-electron chi connectivity index (χ0n) is 18.8. The van der Waals surface area contributed by atoms with Gasteiger partial charge in [-0.15, -0.1) is 0 Å². The number of nitrogens with two attached hydrogens (primary N) is 1. The molecule has 3 amide bonds.